The minimum Gasteiger partial charge on any atom is -0.370 e. The summed E-state index contributed by atoms with van der Waals surface area (Å²) in [6.45, 7) is 2.40. The molecule has 366 valence electrons. The number of carbonyl (C=O) groups is 8. The SMILES string of the molecule is CC(=O)N[C@H](Cc1ccc2ccccc2c1)C(=O)N[C@H](Cc1ccc(Cl)cc1)C(=O)N[C@H](Cc1ccccn1)C(=O)NCC(=O)N[C@@H](CCCN=C(N)N)C(=O)N1CCC[C@H]1C(=O)N[C@H](C)C(N)=O. The molecule has 20 nitrogen and oxygen atoms in total. The molecule has 1 aromatic heterocycles. The topological polar surface area (TPSA) is 315 Å². The number of aliphatic imine (C=N–C) groups is 1. The fraction of sp³-hybridized carbons (Fsp3) is 0.375. The molecule has 8 amide bonds. The van der Waals surface area contributed by atoms with E-state index in [0.29, 0.717) is 29.1 Å². The Kier molecular flexibility index (Phi) is 19.4. The fourth-order valence-corrected chi connectivity index (χ4v) is 7.91. The van der Waals surface area contributed by atoms with E-state index in [1.54, 1.807) is 42.5 Å². The number of nitrogens with zero attached hydrogens (tertiary/aromatic N) is 3. The van der Waals surface area contributed by atoms with Gasteiger partial charge in [-0.3, -0.25) is 48.3 Å². The van der Waals surface area contributed by atoms with Crippen LogP contribution < -0.4 is 49.1 Å². The lowest BCUT2D eigenvalue weighted by molar-refractivity contribution is -0.142. The van der Waals surface area contributed by atoms with Crippen LogP contribution in [0.1, 0.15) is 56.4 Å². The van der Waals surface area contributed by atoms with Crippen molar-refractivity contribution in [2.24, 2.45) is 22.2 Å². The highest BCUT2D eigenvalue weighted by Crippen LogP contribution is 2.21. The van der Waals surface area contributed by atoms with Crippen LogP contribution in [0.2, 0.25) is 5.02 Å². The molecule has 0 aliphatic carbocycles. The quantitative estimate of drug-likeness (QED) is 0.0271. The Morgan fingerprint density at radius 2 is 1.38 bits per heavy atom. The standard InChI is InChI=1S/C48H59ClN12O8/c1-28(42(50)64)56-46(68)40-13-8-22-61(40)47(69)36(12-7-21-54-48(51)52)58-41(63)27-55-43(65)39(26-35-11-5-6-20-53-35)60-45(67)38(24-30-15-18-34(49)19-16-30)59-44(66)37(57-29(2)62)25-31-14-17-32-9-3-4-10-33(32)23-31/h3-6,9-11,14-20,23,28,36-40H,7-8,12-13,21-22,24-27H2,1-2H3,(H2,50,64)(H,55,65)(H,56,68)(H,57,62)(H,58,63)(H,59,66)(H,60,67)(H4,51,52,54)/t28-,36+,37-,38-,39-,40+/m1/s1. The van der Waals surface area contributed by atoms with E-state index in [2.05, 4.69) is 41.9 Å². The predicted octanol–water partition coefficient (Wildman–Crippen LogP) is 0.0260. The van der Waals surface area contributed by atoms with Crippen LogP contribution in [0, 0.1) is 0 Å². The zero-order valence-electron chi connectivity index (χ0n) is 38.4. The second-order valence-electron chi connectivity index (χ2n) is 16.7. The van der Waals surface area contributed by atoms with Gasteiger partial charge in [-0.25, -0.2) is 0 Å². The van der Waals surface area contributed by atoms with Crippen LogP contribution in [0.15, 0.2) is 96.1 Å². The van der Waals surface area contributed by atoms with Gasteiger partial charge in [-0.2, -0.15) is 0 Å². The molecule has 5 rings (SSSR count). The number of benzene rings is 3. The number of likely N-dealkylation sites (tertiary alicyclic amines) is 1. The number of hydrogen-bond acceptors (Lipinski definition) is 10. The Bertz CT molecular complexity index is 2510. The summed E-state index contributed by atoms with van der Waals surface area (Å²) in [5.74, 6) is -5.50. The van der Waals surface area contributed by atoms with Crippen LogP contribution >= 0.6 is 11.6 Å². The molecule has 1 aliphatic heterocycles. The van der Waals surface area contributed by atoms with Gasteiger partial charge in [0.15, 0.2) is 5.96 Å². The van der Waals surface area contributed by atoms with Crippen molar-refractivity contribution in [2.45, 2.75) is 95.0 Å². The first kappa shape index (κ1) is 52.4. The molecule has 0 spiro atoms. The van der Waals surface area contributed by atoms with E-state index in [0.717, 1.165) is 16.3 Å². The van der Waals surface area contributed by atoms with E-state index in [9.17, 15) is 38.4 Å². The molecule has 0 bridgehead atoms. The van der Waals surface area contributed by atoms with Crippen molar-refractivity contribution in [1.29, 1.82) is 0 Å². The van der Waals surface area contributed by atoms with Crippen LogP contribution in [0.3, 0.4) is 0 Å². The third-order valence-corrected chi connectivity index (χ3v) is 11.6. The number of pyridine rings is 1. The van der Waals surface area contributed by atoms with Gasteiger partial charge in [0.2, 0.25) is 47.3 Å². The molecule has 0 saturated carbocycles. The van der Waals surface area contributed by atoms with E-state index < -0.39 is 90.1 Å². The van der Waals surface area contributed by atoms with Gasteiger partial charge >= 0.3 is 0 Å². The largest absolute Gasteiger partial charge is 0.370 e. The van der Waals surface area contributed by atoms with Gasteiger partial charge in [-0.15, -0.1) is 0 Å². The summed E-state index contributed by atoms with van der Waals surface area (Å²) in [6, 6.07) is 18.3. The molecule has 6 atom stereocenters. The van der Waals surface area contributed by atoms with Crippen molar-refractivity contribution >= 4 is 75.6 Å². The maximum absolute atomic E-state index is 14.4. The number of rotatable bonds is 23. The number of hydrogen-bond donors (Lipinski definition) is 9. The lowest BCUT2D eigenvalue weighted by Gasteiger charge is -2.29. The third-order valence-electron chi connectivity index (χ3n) is 11.3. The number of amides is 8. The van der Waals surface area contributed by atoms with Gasteiger partial charge in [0.1, 0.15) is 36.3 Å². The second-order valence-corrected chi connectivity index (χ2v) is 17.2. The van der Waals surface area contributed by atoms with Gasteiger partial charge in [-0.05, 0) is 78.8 Å². The number of halogens is 1. The highest BCUT2D eigenvalue weighted by molar-refractivity contribution is 6.30. The lowest BCUT2D eigenvalue weighted by atomic mass is 10.00. The molecule has 2 heterocycles. The molecule has 0 unspecified atom stereocenters. The summed E-state index contributed by atoms with van der Waals surface area (Å²) >= 11 is 6.16. The summed E-state index contributed by atoms with van der Waals surface area (Å²) < 4.78 is 0. The average Bonchev–Trinajstić information content (AvgIpc) is 3.82. The Morgan fingerprint density at radius 3 is 2.03 bits per heavy atom. The predicted molar refractivity (Wildman–Crippen MR) is 259 cm³/mol. The number of primary amides is 1. The first-order chi connectivity index (χ1) is 33.0. The summed E-state index contributed by atoms with van der Waals surface area (Å²) in [6.07, 6.45) is 2.55. The maximum atomic E-state index is 14.4. The fourth-order valence-electron chi connectivity index (χ4n) is 7.78. The van der Waals surface area contributed by atoms with Crippen molar-refractivity contribution in [3.05, 3.63) is 113 Å². The van der Waals surface area contributed by atoms with Gasteiger partial charge < -0.3 is 54.0 Å². The van der Waals surface area contributed by atoms with Crippen molar-refractivity contribution in [3.63, 3.8) is 0 Å². The van der Waals surface area contributed by atoms with Crippen LogP contribution in [0.5, 0.6) is 0 Å². The average molecular weight is 968 g/mol. The van der Waals surface area contributed by atoms with Gasteiger partial charge in [0.25, 0.3) is 0 Å². The molecule has 0 radical (unpaired) electrons. The van der Waals surface area contributed by atoms with Crippen molar-refractivity contribution in [1.82, 2.24) is 41.8 Å². The van der Waals surface area contributed by atoms with Crippen LogP contribution in [-0.2, 0) is 57.6 Å². The van der Waals surface area contributed by atoms with E-state index in [1.165, 1.54) is 24.9 Å². The Morgan fingerprint density at radius 1 is 0.739 bits per heavy atom. The highest BCUT2D eigenvalue weighted by Gasteiger charge is 2.38. The monoisotopic (exact) mass is 966 g/mol. The van der Waals surface area contributed by atoms with Crippen molar-refractivity contribution < 1.29 is 38.4 Å². The maximum Gasteiger partial charge on any atom is 0.245 e. The first-order valence-electron chi connectivity index (χ1n) is 22.5. The van der Waals surface area contributed by atoms with E-state index >= 15 is 0 Å². The molecule has 1 saturated heterocycles. The molecule has 21 heteroatoms. The lowest BCUT2D eigenvalue weighted by Crippen LogP contribution is -2.58. The first-order valence-corrected chi connectivity index (χ1v) is 22.9. The number of fused-ring (bicyclic) bond motifs is 1. The molecule has 3 aromatic carbocycles. The Hall–Kier alpha value is -7.61. The third kappa shape index (κ3) is 16.3. The Balaban J connectivity index is 1.33. The molecule has 1 aliphatic rings. The van der Waals surface area contributed by atoms with Gasteiger partial charge in [0.05, 0.1) is 6.54 Å². The number of carbonyl (C=O) groups excluding carboxylic acids is 8. The second kappa shape index (κ2) is 25.5. The number of guanidine groups is 1. The van der Waals surface area contributed by atoms with Gasteiger partial charge in [-0.1, -0.05) is 72.3 Å². The zero-order chi connectivity index (χ0) is 50.0. The van der Waals surface area contributed by atoms with Crippen LogP contribution in [-0.4, -0.2) is 119 Å². The molecule has 4 aromatic rings. The molecule has 12 N–H and O–H groups in total. The number of nitrogens with one attached hydrogen (secondary N) is 6. The molecule has 1 fully saturated rings. The number of aromatic nitrogens is 1. The number of nitrogens with two attached hydrogens (primary N) is 3. The van der Waals surface area contributed by atoms with E-state index in [1.807, 2.05) is 42.5 Å². The minimum absolute atomic E-state index is 0.0415. The smallest absolute Gasteiger partial charge is 0.245 e. The van der Waals surface area contributed by atoms with E-state index in [4.69, 9.17) is 28.8 Å². The summed E-state index contributed by atoms with van der Waals surface area (Å²) in [5.41, 5.74) is 18.1. The van der Waals surface area contributed by atoms with Crippen molar-refractivity contribution in [2.75, 3.05) is 19.6 Å². The van der Waals surface area contributed by atoms with Crippen LogP contribution in [0.25, 0.3) is 10.8 Å². The summed E-state index contributed by atoms with van der Waals surface area (Å²) in [4.78, 5) is 117. The zero-order valence-corrected chi connectivity index (χ0v) is 39.2. The van der Waals surface area contributed by atoms with E-state index in [-0.39, 0.29) is 51.2 Å². The molecule has 69 heavy (non-hydrogen) atoms. The highest BCUT2D eigenvalue weighted by atomic mass is 35.5. The molecular weight excluding hydrogens is 908 g/mol. The van der Waals surface area contributed by atoms with Crippen molar-refractivity contribution in [3.8, 4) is 0 Å². The summed E-state index contributed by atoms with van der Waals surface area (Å²) in [5, 5.41) is 18.3. The minimum atomic E-state index is -1.34. The van der Waals surface area contributed by atoms with Gasteiger partial charge in [0, 0.05) is 56.2 Å². The van der Waals surface area contributed by atoms with Crippen LogP contribution in [0.4, 0.5) is 0 Å². The molecular formula is C48H59ClN12O8. The Labute approximate surface area is 404 Å². The summed E-state index contributed by atoms with van der Waals surface area (Å²) in [7, 11) is 0. The normalized spacial score (nSPS) is 15.3.